The highest BCUT2D eigenvalue weighted by atomic mass is 32.2. The van der Waals surface area contributed by atoms with E-state index >= 15 is 0 Å². The second-order valence-corrected chi connectivity index (χ2v) is 4.15. The minimum Gasteiger partial charge on any atom is -0.468 e. The maximum absolute atomic E-state index is 11.8. The number of furan rings is 1. The van der Waals surface area contributed by atoms with Crippen LogP contribution >= 0.6 is 11.8 Å². The fraction of sp³-hybridized carbons (Fsp3) is 0.556. The van der Waals surface area contributed by atoms with Crippen LogP contribution in [-0.2, 0) is 0 Å². The molecule has 0 unspecified atom stereocenters. The molecule has 1 aromatic heterocycles. The Kier molecular flexibility index (Phi) is 4.53. The van der Waals surface area contributed by atoms with Crippen molar-refractivity contribution in [2.24, 2.45) is 0 Å². The van der Waals surface area contributed by atoms with E-state index in [0.717, 1.165) is 5.76 Å². The minimum absolute atomic E-state index is 0.00848. The van der Waals surface area contributed by atoms with Crippen molar-refractivity contribution in [3.8, 4) is 0 Å². The number of alkyl halides is 3. The van der Waals surface area contributed by atoms with Crippen LogP contribution in [0.3, 0.4) is 0 Å². The van der Waals surface area contributed by atoms with E-state index in [1.54, 1.807) is 12.1 Å². The van der Waals surface area contributed by atoms with Gasteiger partial charge in [0.25, 0.3) is 0 Å². The van der Waals surface area contributed by atoms with E-state index in [2.05, 4.69) is 5.32 Å². The van der Waals surface area contributed by atoms with E-state index < -0.39 is 5.51 Å². The molecule has 0 radical (unpaired) electrons. The summed E-state index contributed by atoms with van der Waals surface area (Å²) < 4.78 is 40.4. The summed E-state index contributed by atoms with van der Waals surface area (Å²) in [6.45, 7) is 2.14. The first-order valence-electron chi connectivity index (χ1n) is 4.46. The van der Waals surface area contributed by atoms with Crippen LogP contribution in [0, 0.1) is 0 Å². The van der Waals surface area contributed by atoms with E-state index in [0.29, 0.717) is 6.54 Å². The van der Waals surface area contributed by atoms with Crippen molar-refractivity contribution >= 4 is 11.8 Å². The highest BCUT2D eigenvalue weighted by Gasteiger charge is 2.27. The molecule has 0 saturated carbocycles. The molecule has 0 aliphatic heterocycles. The second-order valence-electron chi connectivity index (χ2n) is 2.99. The smallest absolute Gasteiger partial charge is 0.441 e. The third-order valence-electron chi connectivity index (χ3n) is 1.79. The fourth-order valence-electron chi connectivity index (χ4n) is 1.08. The fourth-order valence-corrected chi connectivity index (χ4v) is 1.53. The van der Waals surface area contributed by atoms with Crippen molar-refractivity contribution in [2.45, 2.75) is 18.5 Å². The van der Waals surface area contributed by atoms with Crippen LogP contribution in [-0.4, -0.2) is 17.8 Å². The van der Waals surface area contributed by atoms with Crippen molar-refractivity contribution in [1.29, 1.82) is 0 Å². The van der Waals surface area contributed by atoms with Crippen molar-refractivity contribution < 1.29 is 17.6 Å². The van der Waals surface area contributed by atoms with E-state index in [-0.39, 0.29) is 23.6 Å². The summed E-state index contributed by atoms with van der Waals surface area (Å²) in [4.78, 5) is 0. The Labute approximate surface area is 90.2 Å². The van der Waals surface area contributed by atoms with Gasteiger partial charge in [0.05, 0.1) is 12.3 Å². The van der Waals surface area contributed by atoms with Gasteiger partial charge in [-0.25, -0.2) is 0 Å². The summed E-state index contributed by atoms with van der Waals surface area (Å²) in [5, 5.41) is 2.94. The zero-order valence-electron chi connectivity index (χ0n) is 8.17. The van der Waals surface area contributed by atoms with Crippen LogP contribution in [0.2, 0.25) is 0 Å². The Morgan fingerprint density at radius 3 is 2.80 bits per heavy atom. The van der Waals surface area contributed by atoms with Gasteiger partial charge >= 0.3 is 5.51 Å². The van der Waals surface area contributed by atoms with Gasteiger partial charge in [0, 0.05) is 12.3 Å². The third-order valence-corrected chi connectivity index (χ3v) is 2.52. The Hall–Kier alpha value is -0.620. The second kappa shape index (κ2) is 5.46. The Balaban J connectivity index is 2.16. The first kappa shape index (κ1) is 12.4. The Morgan fingerprint density at radius 2 is 2.27 bits per heavy atom. The van der Waals surface area contributed by atoms with Gasteiger partial charge in [-0.15, -0.1) is 0 Å². The third kappa shape index (κ3) is 5.13. The summed E-state index contributed by atoms with van der Waals surface area (Å²) in [7, 11) is 0. The summed E-state index contributed by atoms with van der Waals surface area (Å²) in [6, 6.07) is 3.47. The lowest BCUT2D eigenvalue weighted by molar-refractivity contribution is -0.0327. The molecule has 15 heavy (non-hydrogen) atoms. The van der Waals surface area contributed by atoms with Gasteiger partial charge in [-0.3, -0.25) is 0 Å². The van der Waals surface area contributed by atoms with Gasteiger partial charge in [-0.2, -0.15) is 13.2 Å². The van der Waals surface area contributed by atoms with Crippen LogP contribution in [0.4, 0.5) is 13.2 Å². The molecule has 0 fully saturated rings. The Morgan fingerprint density at radius 1 is 1.53 bits per heavy atom. The molecule has 0 bridgehead atoms. The van der Waals surface area contributed by atoms with E-state index in [4.69, 9.17) is 4.42 Å². The molecule has 2 nitrogen and oxygen atoms in total. The standard InChI is InChI=1S/C9H12F3NOS/c1-7(8-3-2-5-14-8)13-4-6-15-9(10,11)12/h2-3,5,7,13H,4,6H2,1H3/t7-/m1/s1. The van der Waals surface area contributed by atoms with Gasteiger partial charge in [0.15, 0.2) is 0 Å². The number of rotatable bonds is 5. The van der Waals surface area contributed by atoms with Gasteiger partial charge in [-0.1, -0.05) is 0 Å². The van der Waals surface area contributed by atoms with Crippen LogP contribution in [0.25, 0.3) is 0 Å². The maximum Gasteiger partial charge on any atom is 0.441 e. The molecule has 1 atom stereocenters. The number of halogens is 3. The monoisotopic (exact) mass is 239 g/mol. The zero-order valence-corrected chi connectivity index (χ0v) is 8.99. The number of hydrogen-bond donors (Lipinski definition) is 1. The number of hydrogen-bond acceptors (Lipinski definition) is 3. The molecule has 1 aromatic rings. The topological polar surface area (TPSA) is 25.2 Å². The molecule has 0 aliphatic rings. The SMILES string of the molecule is C[C@@H](NCCSC(F)(F)F)c1ccco1. The van der Waals surface area contributed by atoms with E-state index in [9.17, 15) is 13.2 Å². The van der Waals surface area contributed by atoms with Crippen molar-refractivity contribution in [3.05, 3.63) is 24.2 Å². The lowest BCUT2D eigenvalue weighted by atomic mass is 10.2. The first-order valence-corrected chi connectivity index (χ1v) is 5.45. The summed E-state index contributed by atoms with van der Waals surface area (Å²) in [5.74, 6) is 0.737. The molecular weight excluding hydrogens is 227 g/mol. The molecule has 0 aromatic carbocycles. The largest absolute Gasteiger partial charge is 0.468 e. The summed E-state index contributed by atoms with van der Waals surface area (Å²) in [5.41, 5.74) is -4.14. The molecule has 1 rings (SSSR count). The predicted molar refractivity (Wildman–Crippen MR) is 53.6 cm³/mol. The van der Waals surface area contributed by atoms with Crippen LogP contribution < -0.4 is 5.32 Å². The summed E-state index contributed by atoms with van der Waals surface area (Å²) >= 11 is -0.0203. The maximum atomic E-state index is 11.8. The molecule has 0 saturated heterocycles. The molecule has 0 amide bonds. The number of thioether (sulfide) groups is 1. The first-order chi connectivity index (χ1) is 6.99. The van der Waals surface area contributed by atoms with Gasteiger partial charge < -0.3 is 9.73 Å². The molecular formula is C9H12F3NOS. The summed E-state index contributed by atoms with van der Waals surface area (Å²) in [6.07, 6.45) is 1.54. The van der Waals surface area contributed by atoms with Crippen LogP contribution in [0.5, 0.6) is 0 Å². The average molecular weight is 239 g/mol. The number of nitrogens with one attached hydrogen (secondary N) is 1. The molecule has 0 aliphatic carbocycles. The normalized spacial score (nSPS) is 14.1. The van der Waals surface area contributed by atoms with Gasteiger partial charge in [0.2, 0.25) is 0 Å². The molecule has 1 N–H and O–H groups in total. The Bertz CT molecular complexity index is 273. The highest BCUT2D eigenvalue weighted by molar-refractivity contribution is 8.00. The highest BCUT2D eigenvalue weighted by Crippen LogP contribution is 2.29. The van der Waals surface area contributed by atoms with Gasteiger partial charge in [0.1, 0.15) is 5.76 Å². The zero-order chi connectivity index (χ0) is 11.3. The minimum atomic E-state index is -4.14. The van der Waals surface area contributed by atoms with Gasteiger partial charge in [-0.05, 0) is 30.8 Å². The van der Waals surface area contributed by atoms with Crippen molar-refractivity contribution in [2.75, 3.05) is 12.3 Å². The van der Waals surface area contributed by atoms with Crippen molar-refractivity contribution in [1.82, 2.24) is 5.32 Å². The molecule has 1 heterocycles. The quantitative estimate of drug-likeness (QED) is 0.799. The lowest BCUT2D eigenvalue weighted by Crippen LogP contribution is -2.22. The van der Waals surface area contributed by atoms with E-state index in [1.807, 2.05) is 6.92 Å². The van der Waals surface area contributed by atoms with E-state index in [1.165, 1.54) is 6.26 Å². The average Bonchev–Trinajstić information content (AvgIpc) is 2.63. The lowest BCUT2D eigenvalue weighted by Gasteiger charge is -2.11. The van der Waals surface area contributed by atoms with Crippen LogP contribution in [0.1, 0.15) is 18.7 Å². The molecule has 86 valence electrons. The van der Waals surface area contributed by atoms with Crippen molar-refractivity contribution in [3.63, 3.8) is 0 Å². The van der Waals surface area contributed by atoms with Crippen LogP contribution in [0.15, 0.2) is 22.8 Å². The molecule has 0 spiro atoms. The molecule has 6 heteroatoms. The predicted octanol–water partition coefficient (Wildman–Crippen LogP) is 3.18.